The summed E-state index contributed by atoms with van der Waals surface area (Å²) in [7, 11) is 1.45. The maximum atomic E-state index is 13.9. The molecular formula is C15H21FN2O2S. The molecule has 1 saturated heterocycles. The molecule has 116 valence electrons. The van der Waals surface area contributed by atoms with E-state index in [9.17, 15) is 9.18 Å². The van der Waals surface area contributed by atoms with Crippen molar-refractivity contribution in [2.75, 3.05) is 51.8 Å². The second-order valence-corrected chi connectivity index (χ2v) is 5.93. The van der Waals surface area contributed by atoms with Crippen LogP contribution in [0, 0.1) is 5.82 Å². The molecule has 0 unspecified atom stereocenters. The Morgan fingerprint density at radius 2 is 2.05 bits per heavy atom. The summed E-state index contributed by atoms with van der Waals surface area (Å²) >= 11 is 1.82. The number of rotatable bonds is 5. The number of carbonyl (C=O) groups is 1. The number of methoxy groups -OCH3 is 1. The van der Waals surface area contributed by atoms with Gasteiger partial charge in [-0.3, -0.25) is 9.69 Å². The third-order valence-corrected chi connectivity index (χ3v) is 4.27. The van der Waals surface area contributed by atoms with Crippen LogP contribution in [0.25, 0.3) is 0 Å². The topological polar surface area (TPSA) is 32.8 Å². The smallest absolute Gasteiger partial charge is 0.260 e. The maximum absolute atomic E-state index is 13.9. The predicted molar refractivity (Wildman–Crippen MR) is 83.7 cm³/mol. The van der Waals surface area contributed by atoms with Gasteiger partial charge < -0.3 is 9.64 Å². The molecule has 0 saturated carbocycles. The summed E-state index contributed by atoms with van der Waals surface area (Å²) in [6, 6.07) is 4.46. The van der Waals surface area contributed by atoms with Crippen molar-refractivity contribution in [2.45, 2.75) is 0 Å². The second-order valence-electron chi connectivity index (χ2n) is 4.94. The van der Waals surface area contributed by atoms with Crippen LogP contribution in [0.5, 0.6) is 5.75 Å². The number of hydrogen-bond acceptors (Lipinski definition) is 4. The van der Waals surface area contributed by atoms with E-state index in [0.29, 0.717) is 18.8 Å². The fourth-order valence-corrected chi connectivity index (χ4v) is 2.88. The van der Waals surface area contributed by atoms with Gasteiger partial charge in [0.2, 0.25) is 0 Å². The highest BCUT2D eigenvalue weighted by atomic mass is 32.2. The molecule has 1 aliphatic heterocycles. The van der Waals surface area contributed by atoms with Crippen molar-refractivity contribution in [3.05, 3.63) is 29.6 Å². The third-order valence-electron chi connectivity index (χ3n) is 3.68. The average molecular weight is 312 g/mol. The lowest BCUT2D eigenvalue weighted by Gasteiger charge is -2.34. The van der Waals surface area contributed by atoms with E-state index < -0.39 is 5.82 Å². The monoisotopic (exact) mass is 312 g/mol. The summed E-state index contributed by atoms with van der Waals surface area (Å²) < 4.78 is 19.1. The molecule has 1 heterocycles. The van der Waals surface area contributed by atoms with Crippen molar-refractivity contribution in [1.82, 2.24) is 9.80 Å². The van der Waals surface area contributed by atoms with Crippen molar-refractivity contribution in [1.29, 1.82) is 0 Å². The van der Waals surface area contributed by atoms with Gasteiger partial charge in [-0.05, 0) is 18.4 Å². The number of thioether (sulfide) groups is 1. The molecule has 1 aromatic rings. The molecular weight excluding hydrogens is 291 g/mol. The quantitative estimate of drug-likeness (QED) is 0.832. The molecule has 2 rings (SSSR count). The van der Waals surface area contributed by atoms with Crippen molar-refractivity contribution in [3.8, 4) is 5.75 Å². The number of halogens is 1. The van der Waals surface area contributed by atoms with Gasteiger partial charge in [-0.2, -0.15) is 11.8 Å². The number of nitrogens with zero attached hydrogens (tertiary/aromatic N) is 2. The van der Waals surface area contributed by atoms with Crippen molar-refractivity contribution < 1.29 is 13.9 Å². The molecule has 0 radical (unpaired) electrons. The van der Waals surface area contributed by atoms with E-state index in [-0.39, 0.29) is 11.5 Å². The van der Waals surface area contributed by atoms with E-state index in [2.05, 4.69) is 11.2 Å². The van der Waals surface area contributed by atoms with Gasteiger partial charge in [0, 0.05) is 38.5 Å². The first-order valence-electron chi connectivity index (χ1n) is 7.00. The van der Waals surface area contributed by atoms with Crippen molar-refractivity contribution in [3.63, 3.8) is 0 Å². The summed E-state index contributed by atoms with van der Waals surface area (Å²) in [5.74, 6) is 0.582. The lowest BCUT2D eigenvalue weighted by atomic mass is 10.1. The van der Waals surface area contributed by atoms with Crippen molar-refractivity contribution in [2.24, 2.45) is 0 Å². The molecule has 0 aliphatic carbocycles. The van der Waals surface area contributed by atoms with Crippen LogP contribution in [0.15, 0.2) is 18.2 Å². The first-order chi connectivity index (χ1) is 10.2. The fourth-order valence-electron chi connectivity index (χ4n) is 2.44. The Hall–Kier alpha value is -1.27. The first-order valence-corrected chi connectivity index (χ1v) is 8.40. The third kappa shape index (κ3) is 3.89. The standard InChI is InChI=1S/C15H21FN2O2S/c1-20-13-5-3-4-12(16)14(13)15(19)18-8-6-17(7-9-18)10-11-21-2/h3-5H,6-11H2,1-2H3. The minimum atomic E-state index is -0.524. The lowest BCUT2D eigenvalue weighted by molar-refractivity contribution is 0.0636. The number of amides is 1. The summed E-state index contributed by atoms with van der Waals surface area (Å²) in [5.41, 5.74) is 0.0394. The molecule has 1 amide bonds. The van der Waals surface area contributed by atoms with E-state index in [1.165, 1.54) is 13.2 Å². The zero-order chi connectivity index (χ0) is 15.2. The van der Waals surface area contributed by atoms with E-state index >= 15 is 0 Å². The molecule has 0 spiro atoms. The van der Waals surface area contributed by atoms with E-state index in [1.54, 1.807) is 17.0 Å². The Balaban J connectivity index is 2.02. The van der Waals surface area contributed by atoms with E-state index in [4.69, 9.17) is 4.74 Å². The van der Waals surface area contributed by atoms with Gasteiger partial charge in [-0.25, -0.2) is 4.39 Å². The lowest BCUT2D eigenvalue weighted by Crippen LogP contribution is -2.49. The Kier molecular flexibility index (Phi) is 5.87. The van der Waals surface area contributed by atoms with Crippen LogP contribution in [0.4, 0.5) is 4.39 Å². The molecule has 1 fully saturated rings. The van der Waals surface area contributed by atoms with E-state index in [0.717, 1.165) is 25.4 Å². The number of benzene rings is 1. The zero-order valence-electron chi connectivity index (χ0n) is 12.5. The molecule has 0 N–H and O–H groups in total. The van der Waals surface area contributed by atoms with Crippen LogP contribution < -0.4 is 4.74 Å². The normalized spacial score (nSPS) is 16.0. The van der Waals surface area contributed by atoms with Crippen LogP contribution in [-0.4, -0.2) is 67.5 Å². The largest absolute Gasteiger partial charge is 0.496 e. The van der Waals surface area contributed by atoms with Crippen LogP contribution in [0.3, 0.4) is 0 Å². The van der Waals surface area contributed by atoms with Gasteiger partial charge >= 0.3 is 0 Å². The maximum Gasteiger partial charge on any atom is 0.260 e. The summed E-state index contributed by atoms with van der Waals surface area (Å²) in [4.78, 5) is 16.5. The highest BCUT2D eigenvalue weighted by Crippen LogP contribution is 2.23. The van der Waals surface area contributed by atoms with E-state index in [1.807, 2.05) is 11.8 Å². The van der Waals surface area contributed by atoms with Gasteiger partial charge in [0.05, 0.1) is 7.11 Å². The average Bonchev–Trinajstić information content (AvgIpc) is 2.52. The number of ether oxygens (including phenoxy) is 1. The predicted octanol–water partition coefficient (Wildman–Crippen LogP) is 1.96. The second kappa shape index (κ2) is 7.66. The van der Waals surface area contributed by atoms with Gasteiger partial charge in [-0.15, -0.1) is 0 Å². The Morgan fingerprint density at radius 3 is 2.67 bits per heavy atom. The molecule has 0 atom stereocenters. The molecule has 4 nitrogen and oxygen atoms in total. The van der Waals surface area contributed by atoms with Crippen molar-refractivity contribution >= 4 is 17.7 Å². The molecule has 0 aromatic heterocycles. The molecule has 21 heavy (non-hydrogen) atoms. The summed E-state index contributed by atoms with van der Waals surface area (Å²) in [5, 5.41) is 0. The minimum absolute atomic E-state index is 0.0394. The fraction of sp³-hybridized carbons (Fsp3) is 0.533. The van der Waals surface area contributed by atoms with Gasteiger partial charge in [0.1, 0.15) is 17.1 Å². The van der Waals surface area contributed by atoms with Crippen LogP contribution >= 0.6 is 11.8 Å². The number of hydrogen-bond donors (Lipinski definition) is 0. The summed E-state index contributed by atoms with van der Waals surface area (Å²) in [6.07, 6.45) is 2.09. The van der Waals surface area contributed by atoms with Crippen LogP contribution in [0.2, 0.25) is 0 Å². The van der Waals surface area contributed by atoms with Crippen LogP contribution in [0.1, 0.15) is 10.4 Å². The Morgan fingerprint density at radius 1 is 1.33 bits per heavy atom. The molecule has 0 bridgehead atoms. The SMILES string of the molecule is COc1cccc(F)c1C(=O)N1CCN(CCSC)CC1. The van der Waals surface area contributed by atoms with Crippen LogP contribution in [-0.2, 0) is 0 Å². The highest BCUT2D eigenvalue weighted by molar-refractivity contribution is 7.98. The van der Waals surface area contributed by atoms with Gasteiger partial charge in [0.15, 0.2) is 0 Å². The summed E-state index contributed by atoms with van der Waals surface area (Å²) in [6.45, 7) is 3.97. The number of carbonyl (C=O) groups excluding carboxylic acids is 1. The number of piperazine rings is 1. The molecule has 6 heteroatoms. The van der Waals surface area contributed by atoms with Gasteiger partial charge in [0.25, 0.3) is 5.91 Å². The zero-order valence-corrected chi connectivity index (χ0v) is 13.3. The Labute approximate surface area is 129 Å². The first kappa shape index (κ1) is 16.1. The Bertz CT molecular complexity index is 491. The minimum Gasteiger partial charge on any atom is -0.496 e. The van der Waals surface area contributed by atoms with Gasteiger partial charge in [-0.1, -0.05) is 6.07 Å². The molecule has 1 aliphatic rings. The highest BCUT2D eigenvalue weighted by Gasteiger charge is 2.26. The molecule has 1 aromatic carbocycles.